The summed E-state index contributed by atoms with van der Waals surface area (Å²) in [6, 6.07) is 0. The van der Waals surface area contributed by atoms with Crippen molar-refractivity contribution in [3.05, 3.63) is 0 Å². The number of rotatable bonds is 9. The molecular weight excluding hydrogens is 499 g/mol. The molecule has 1 aliphatic carbocycles. The number of nitrogens with zero attached hydrogens (tertiary/aromatic N) is 2. The fourth-order valence-electron chi connectivity index (χ4n) is 4.67. The molecule has 0 aromatic carbocycles. The van der Waals surface area contributed by atoms with Crippen LogP contribution in [0.2, 0.25) is 0 Å². The maximum absolute atomic E-state index is 5.79. The van der Waals surface area contributed by atoms with Crippen LogP contribution in [0.3, 0.4) is 0 Å². The van der Waals surface area contributed by atoms with Gasteiger partial charge in [0.25, 0.3) is 0 Å². The maximum atomic E-state index is 5.79. The monoisotopic (exact) mass is 540 g/mol. The highest BCUT2D eigenvalue weighted by Gasteiger charge is 2.38. The van der Waals surface area contributed by atoms with Crippen molar-refractivity contribution in [2.75, 3.05) is 71.2 Å². The van der Waals surface area contributed by atoms with E-state index in [1.165, 1.54) is 56.7 Å². The SMILES string of the molecule is CN=C(NCCCOCC1CCOC1)NCC1(N2CCSCC2)CCCCC1.I. The summed E-state index contributed by atoms with van der Waals surface area (Å²) in [5.41, 5.74) is 0.323. The van der Waals surface area contributed by atoms with E-state index in [1.807, 2.05) is 7.05 Å². The Morgan fingerprint density at radius 1 is 1.21 bits per heavy atom. The molecule has 1 atom stereocenters. The van der Waals surface area contributed by atoms with Gasteiger partial charge >= 0.3 is 0 Å². The third-order valence-electron chi connectivity index (χ3n) is 6.41. The highest BCUT2D eigenvalue weighted by Crippen LogP contribution is 2.34. The highest BCUT2D eigenvalue weighted by atomic mass is 127. The fraction of sp³-hybridized carbons (Fsp3) is 0.952. The molecule has 0 aromatic heterocycles. The van der Waals surface area contributed by atoms with E-state index in [-0.39, 0.29) is 24.0 Å². The Morgan fingerprint density at radius 3 is 2.69 bits per heavy atom. The Bertz CT molecular complexity index is 466. The number of aliphatic imine (C=N–C) groups is 1. The number of thioether (sulfide) groups is 1. The molecule has 29 heavy (non-hydrogen) atoms. The van der Waals surface area contributed by atoms with E-state index in [0.717, 1.165) is 58.3 Å². The van der Waals surface area contributed by atoms with E-state index in [9.17, 15) is 0 Å². The first kappa shape index (κ1) is 25.5. The van der Waals surface area contributed by atoms with Crippen LogP contribution in [-0.2, 0) is 9.47 Å². The third kappa shape index (κ3) is 8.35. The lowest BCUT2D eigenvalue weighted by atomic mass is 9.80. The number of guanidine groups is 1. The van der Waals surface area contributed by atoms with Crippen LogP contribution in [0.5, 0.6) is 0 Å². The molecule has 0 radical (unpaired) electrons. The van der Waals surface area contributed by atoms with E-state index >= 15 is 0 Å². The molecule has 2 heterocycles. The highest BCUT2D eigenvalue weighted by molar-refractivity contribution is 14.0. The number of nitrogens with one attached hydrogen (secondary N) is 2. The first-order valence-corrected chi connectivity index (χ1v) is 12.4. The van der Waals surface area contributed by atoms with Gasteiger partial charge in [0.05, 0.1) is 13.2 Å². The van der Waals surface area contributed by atoms with E-state index in [1.54, 1.807) is 0 Å². The smallest absolute Gasteiger partial charge is 0.191 e. The van der Waals surface area contributed by atoms with E-state index in [4.69, 9.17) is 9.47 Å². The molecular formula is C21H41IN4O2S. The molecule has 0 aromatic rings. The van der Waals surface area contributed by atoms with Crippen LogP contribution in [-0.4, -0.2) is 87.6 Å². The molecule has 0 amide bonds. The van der Waals surface area contributed by atoms with Gasteiger partial charge in [-0.1, -0.05) is 19.3 Å². The molecule has 8 heteroatoms. The van der Waals surface area contributed by atoms with E-state index in [0.29, 0.717) is 11.5 Å². The largest absolute Gasteiger partial charge is 0.381 e. The molecule has 2 saturated heterocycles. The summed E-state index contributed by atoms with van der Waals surface area (Å²) in [5.74, 6) is 4.09. The summed E-state index contributed by atoms with van der Waals surface area (Å²) in [6.45, 7) is 7.79. The van der Waals surface area contributed by atoms with E-state index in [2.05, 4.69) is 32.3 Å². The summed E-state index contributed by atoms with van der Waals surface area (Å²) in [5, 5.41) is 7.12. The summed E-state index contributed by atoms with van der Waals surface area (Å²) in [4.78, 5) is 7.21. The van der Waals surface area contributed by atoms with Crippen molar-refractivity contribution in [2.24, 2.45) is 10.9 Å². The molecule has 2 N–H and O–H groups in total. The number of hydrogen-bond acceptors (Lipinski definition) is 5. The Kier molecular flexibility index (Phi) is 12.6. The normalized spacial score (nSPS) is 25.4. The summed E-state index contributed by atoms with van der Waals surface area (Å²) < 4.78 is 11.2. The van der Waals surface area contributed by atoms with Gasteiger partial charge < -0.3 is 20.1 Å². The van der Waals surface area contributed by atoms with E-state index < -0.39 is 0 Å². The molecule has 2 aliphatic heterocycles. The summed E-state index contributed by atoms with van der Waals surface area (Å²) >= 11 is 2.10. The molecule has 170 valence electrons. The minimum Gasteiger partial charge on any atom is -0.381 e. The van der Waals surface area contributed by atoms with Crippen LogP contribution < -0.4 is 10.6 Å². The Labute approximate surface area is 198 Å². The average molecular weight is 541 g/mol. The molecule has 1 saturated carbocycles. The standard InChI is InChI=1S/C21H40N4O2S.HI/c1-22-20(23-9-5-12-26-16-19-6-13-27-17-19)24-18-21(7-3-2-4-8-21)25-10-14-28-15-11-25;/h19H,2-18H2,1H3,(H2,22,23,24);1H. The van der Waals surface area contributed by atoms with Crippen molar-refractivity contribution in [1.82, 2.24) is 15.5 Å². The number of halogens is 1. The molecule has 3 rings (SSSR count). The molecule has 1 unspecified atom stereocenters. The van der Waals surface area contributed by atoms with Gasteiger partial charge in [-0.3, -0.25) is 9.89 Å². The van der Waals surface area contributed by atoms with Crippen LogP contribution in [0.4, 0.5) is 0 Å². The quantitative estimate of drug-likeness (QED) is 0.203. The first-order valence-electron chi connectivity index (χ1n) is 11.3. The van der Waals surface area contributed by atoms with Crippen molar-refractivity contribution in [1.29, 1.82) is 0 Å². The average Bonchev–Trinajstić information content (AvgIpc) is 3.27. The van der Waals surface area contributed by atoms with Gasteiger partial charge in [0.1, 0.15) is 0 Å². The van der Waals surface area contributed by atoms with Crippen molar-refractivity contribution in [3.63, 3.8) is 0 Å². The molecule has 3 aliphatic rings. The minimum absolute atomic E-state index is 0. The second-order valence-electron chi connectivity index (χ2n) is 8.40. The zero-order valence-corrected chi connectivity index (χ0v) is 21.3. The van der Waals surface area contributed by atoms with Crippen LogP contribution >= 0.6 is 35.7 Å². The molecule has 3 fully saturated rings. The lowest BCUT2D eigenvalue weighted by Crippen LogP contribution is -2.59. The van der Waals surface area contributed by atoms with Crippen molar-refractivity contribution in [3.8, 4) is 0 Å². The van der Waals surface area contributed by atoms with Crippen molar-refractivity contribution >= 4 is 41.7 Å². The Morgan fingerprint density at radius 2 is 2.00 bits per heavy atom. The van der Waals surface area contributed by atoms with Gasteiger partial charge in [0.15, 0.2) is 5.96 Å². The summed E-state index contributed by atoms with van der Waals surface area (Å²) in [6.07, 6.45) is 8.90. The van der Waals surface area contributed by atoms with Crippen molar-refractivity contribution in [2.45, 2.75) is 50.5 Å². The van der Waals surface area contributed by atoms with Gasteiger partial charge in [-0.2, -0.15) is 11.8 Å². The first-order chi connectivity index (χ1) is 13.8. The van der Waals surface area contributed by atoms with Crippen LogP contribution in [0.1, 0.15) is 44.9 Å². The number of hydrogen-bond donors (Lipinski definition) is 2. The van der Waals surface area contributed by atoms with Crippen LogP contribution in [0, 0.1) is 5.92 Å². The van der Waals surface area contributed by atoms with Gasteiger partial charge in [-0.05, 0) is 25.7 Å². The Hall–Kier alpha value is 0.230. The maximum Gasteiger partial charge on any atom is 0.191 e. The van der Waals surface area contributed by atoms with Gasteiger partial charge in [-0.25, -0.2) is 0 Å². The molecule has 0 bridgehead atoms. The zero-order valence-electron chi connectivity index (χ0n) is 18.1. The zero-order chi connectivity index (χ0) is 19.5. The third-order valence-corrected chi connectivity index (χ3v) is 7.35. The lowest BCUT2D eigenvalue weighted by Gasteiger charge is -2.48. The van der Waals surface area contributed by atoms with Gasteiger partial charge in [0.2, 0.25) is 0 Å². The minimum atomic E-state index is 0. The Balaban J connectivity index is 0.00000300. The lowest BCUT2D eigenvalue weighted by molar-refractivity contribution is 0.0625. The number of ether oxygens (including phenoxy) is 2. The van der Waals surface area contributed by atoms with Crippen LogP contribution in [0.15, 0.2) is 4.99 Å². The van der Waals surface area contributed by atoms with Crippen molar-refractivity contribution < 1.29 is 9.47 Å². The second kappa shape index (κ2) is 14.3. The topological polar surface area (TPSA) is 58.1 Å². The molecule has 6 nitrogen and oxygen atoms in total. The predicted octanol–water partition coefficient (Wildman–Crippen LogP) is 2.96. The summed E-state index contributed by atoms with van der Waals surface area (Å²) in [7, 11) is 1.87. The van der Waals surface area contributed by atoms with Gasteiger partial charge in [-0.15, -0.1) is 24.0 Å². The second-order valence-corrected chi connectivity index (χ2v) is 9.62. The molecule has 0 spiro atoms. The fourth-order valence-corrected chi connectivity index (χ4v) is 5.57. The van der Waals surface area contributed by atoms with Gasteiger partial charge in [0, 0.05) is 69.4 Å². The van der Waals surface area contributed by atoms with Crippen LogP contribution in [0.25, 0.3) is 0 Å². The predicted molar refractivity (Wildman–Crippen MR) is 134 cm³/mol.